The van der Waals surface area contributed by atoms with Gasteiger partial charge in [-0.25, -0.2) is 0 Å². The molecule has 0 aliphatic carbocycles. The molecule has 70 valence electrons. The number of nitrogens with zero attached hydrogens (tertiary/aromatic N) is 1. The Kier molecular flexibility index (Phi) is 6.27. The van der Waals surface area contributed by atoms with Crippen molar-refractivity contribution in [3.8, 4) is 11.6 Å². The number of hydrogen-bond donors (Lipinski definition) is 1. The molecule has 14 heavy (non-hydrogen) atoms. The van der Waals surface area contributed by atoms with E-state index in [0.717, 1.165) is 0 Å². The zero-order valence-corrected chi connectivity index (χ0v) is 10.3. The van der Waals surface area contributed by atoms with E-state index in [2.05, 4.69) is 10.3 Å². The summed E-state index contributed by atoms with van der Waals surface area (Å²) in [6, 6.07) is 3.17. The van der Waals surface area contributed by atoms with E-state index < -0.39 is 0 Å². The van der Waals surface area contributed by atoms with Gasteiger partial charge in [-0.15, -0.1) is 0 Å². The molecule has 1 rings (SSSR count). The van der Waals surface area contributed by atoms with Crippen LogP contribution in [0, 0.1) is 0 Å². The van der Waals surface area contributed by atoms with E-state index in [-0.39, 0.29) is 29.6 Å². The number of hydrogen-bond acceptors (Lipinski definition) is 4. The molecule has 1 aromatic rings. The first-order valence-corrected chi connectivity index (χ1v) is 3.53. The Morgan fingerprint density at radius 3 is 2.57 bits per heavy atom. The summed E-state index contributed by atoms with van der Waals surface area (Å²) in [4.78, 5) is 13.9. The number of methoxy groups -OCH3 is 2. The van der Waals surface area contributed by atoms with Crippen molar-refractivity contribution < 1.29 is 43.8 Å². The summed E-state index contributed by atoms with van der Waals surface area (Å²) < 4.78 is 9.84. The number of aromatic nitrogens is 1. The van der Waals surface area contributed by atoms with Crippen molar-refractivity contribution in [2.24, 2.45) is 0 Å². The first-order chi connectivity index (χ1) is 6.30. The van der Waals surface area contributed by atoms with E-state index in [1.165, 1.54) is 20.6 Å². The molecule has 0 aromatic carbocycles. The van der Waals surface area contributed by atoms with Gasteiger partial charge >= 0.3 is 29.6 Å². The number of rotatable bonds is 4. The molecule has 1 aromatic heterocycles. The molecule has 1 amide bonds. The van der Waals surface area contributed by atoms with Crippen molar-refractivity contribution in [3.05, 3.63) is 12.1 Å². The van der Waals surface area contributed by atoms with Crippen LogP contribution in [0.2, 0.25) is 0 Å². The maximum Gasteiger partial charge on any atom is 1.00 e. The second-order valence-electron chi connectivity index (χ2n) is 2.16. The first-order valence-electron chi connectivity index (χ1n) is 3.53. The summed E-state index contributed by atoms with van der Waals surface area (Å²) in [5.74, 6) is 1.27. The van der Waals surface area contributed by atoms with Gasteiger partial charge in [0, 0.05) is 6.07 Å². The third kappa shape index (κ3) is 3.53. The molecule has 0 aliphatic heterocycles. The van der Waals surface area contributed by atoms with E-state index in [9.17, 15) is 4.79 Å². The van der Waals surface area contributed by atoms with Gasteiger partial charge < -0.3 is 19.6 Å². The van der Waals surface area contributed by atoms with Crippen molar-refractivity contribution in [2.75, 3.05) is 19.5 Å². The van der Waals surface area contributed by atoms with Gasteiger partial charge in [-0.05, 0) is 5.82 Å². The maximum absolute atomic E-state index is 10.0. The van der Waals surface area contributed by atoms with Gasteiger partial charge in [0.25, 0.3) is 0 Å². The fourth-order valence-electron chi connectivity index (χ4n) is 0.820. The second kappa shape index (κ2) is 6.64. The minimum atomic E-state index is 0. The maximum atomic E-state index is 10.0. The summed E-state index contributed by atoms with van der Waals surface area (Å²) in [5.41, 5.74) is 0. The Balaban J connectivity index is 0.00000169. The molecule has 0 bridgehead atoms. The fourth-order valence-corrected chi connectivity index (χ4v) is 0.820. The van der Waals surface area contributed by atoms with Gasteiger partial charge in [-0.1, -0.05) is 6.07 Å². The number of carbonyl (C=O) groups excluding carboxylic acids is 1. The molecule has 1 heterocycles. The second-order valence-corrected chi connectivity index (χ2v) is 2.16. The van der Waals surface area contributed by atoms with Gasteiger partial charge in [-0.3, -0.25) is 4.98 Å². The fraction of sp³-hybridized carbons (Fsp3) is 0.250. The van der Waals surface area contributed by atoms with Gasteiger partial charge in [0.1, 0.15) is 5.75 Å². The molecule has 0 radical (unpaired) electrons. The van der Waals surface area contributed by atoms with Crippen molar-refractivity contribution in [1.82, 2.24) is 4.98 Å². The summed E-state index contributed by atoms with van der Waals surface area (Å²) in [6.07, 6.45) is 1.51. The van der Waals surface area contributed by atoms with E-state index in [1.54, 1.807) is 12.1 Å². The molecule has 6 heteroatoms. The molecule has 0 fully saturated rings. The molecule has 1 N–H and O–H groups in total. The first kappa shape index (κ1) is 13.2. The number of nitrogens with one attached hydrogen (secondary N) is 1. The third-order valence-electron chi connectivity index (χ3n) is 1.40. The van der Waals surface area contributed by atoms with Gasteiger partial charge in [0.2, 0.25) is 0 Å². The van der Waals surface area contributed by atoms with Crippen LogP contribution in [0.4, 0.5) is 5.82 Å². The van der Waals surface area contributed by atoms with Crippen LogP contribution in [0.25, 0.3) is 0 Å². The smallest absolute Gasteiger partial charge is 0.498 e. The van der Waals surface area contributed by atoms with Crippen molar-refractivity contribution in [2.45, 2.75) is 0 Å². The quantitative estimate of drug-likeness (QED) is 0.337. The molecule has 0 aliphatic rings. The van der Waals surface area contributed by atoms with Crippen LogP contribution < -0.4 is 44.3 Å². The van der Waals surface area contributed by atoms with Crippen molar-refractivity contribution >= 4 is 12.2 Å². The predicted molar refractivity (Wildman–Crippen MR) is 46.7 cm³/mol. The molecule has 0 unspecified atom stereocenters. The van der Waals surface area contributed by atoms with Crippen LogP contribution >= 0.6 is 0 Å². The van der Waals surface area contributed by atoms with Crippen molar-refractivity contribution in [1.29, 1.82) is 0 Å². The van der Waals surface area contributed by atoms with E-state index >= 15 is 0 Å². The standard InChI is InChI=1S/C8H9N2O3.Na/c1-12-6-3-7(9-5-11)10-8(4-6)13-2;/h3-4H,1-2H3,(H,9,10,11);/q-1;+1. The topological polar surface area (TPSA) is 60.5 Å². The van der Waals surface area contributed by atoms with Crippen LogP contribution in [-0.4, -0.2) is 25.6 Å². The Hall–Kier alpha value is -0.780. The Morgan fingerprint density at radius 1 is 1.36 bits per heavy atom. The normalized spacial score (nSPS) is 8.43. The predicted octanol–water partition coefficient (Wildman–Crippen LogP) is -2.42. The molecular formula is C8H9N2NaO3. The van der Waals surface area contributed by atoms with Gasteiger partial charge in [0.15, 0.2) is 5.88 Å². The zero-order valence-electron chi connectivity index (χ0n) is 8.33. The van der Waals surface area contributed by atoms with E-state index in [0.29, 0.717) is 17.4 Å². The molecule has 0 saturated carbocycles. The molecular weight excluding hydrogens is 195 g/mol. The number of anilines is 1. The van der Waals surface area contributed by atoms with Gasteiger partial charge in [0.05, 0.1) is 20.6 Å². The van der Waals surface area contributed by atoms with E-state index in [4.69, 9.17) is 9.47 Å². The third-order valence-corrected chi connectivity index (χ3v) is 1.40. The minimum Gasteiger partial charge on any atom is -0.498 e. The molecule has 0 atom stereocenters. The largest absolute Gasteiger partial charge is 1.00 e. The summed E-state index contributed by atoms with van der Waals surface area (Å²) >= 11 is 0. The molecule has 0 saturated heterocycles. The summed E-state index contributed by atoms with van der Waals surface area (Å²) in [6.45, 7) is 0. The van der Waals surface area contributed by atoms with Crippen LogP contribution in [-0.2, 0) is 4.79 Å². The van der Waals surface area contributed by atoms with E-state index in [1.807, 2.05) is 0 Å². The monoisotopic (exact) mass is 204 g/mol. The molecule has 0 spiro atoms. The summed E-state index contributed by atoms with van der Waals surface area (Å²) in [5, 5.41) is 2.28. The Bertz CT molecular complexity index is 284. The minimum absolute atomic E-state index is 0. The average molecular weight is 204 g/mol. The average Bonchev–Trinajstić information content (AvgIpc) is 2.17. The van der Waals surface area contributed by atoms with Crippen LogP contribution in [0.15, 0.2) is 12.1 Å². The summed E-state index contributed by atoms with van der Waals surface area (Å²) in [7, 11) is 3.00. The number of pyridine rings is 1. The van der Waals surface area contributed by atoms with Crippen molar-refractivity contribution in [3.63, 3.8) is 0 Å². The zero-order chi connectivity index (χ0) is 9.68. The van der Waals surface area contributed by atoms with Crippen LogP contribution in [0.5, 0.6) is 11.6 Å². The van der Waals surface area contributed by atoms with Crippen LogP contribution in [0.3, 0.4) is 0 Å². The Morgan fingerprint density at radius 2 is 2.07 bits per heavy atom. The molecule has 5 nitrogen and oxygen atoms in total. The number of amides is 1. The van der Waals surface area contributed by atoms with Crippen LogP contribution in [0.1, 0.15) is 0 Å². The van der Waals surface area contributed by atoms with Gasteiger partial charge in [-0.2, -0.15) is 0 Å². The number of ether oxygens (including phenoxy) is 2. The Labute approximate surface area is 104 Å². The SMILES string of the molecule is COc1cc(N[C-]=O)nc(OC)c1.[Na+].